The molecule has 112 valence electrons. The van der Waals surface area contributed by atoms with Gasteiger partial charge < -0.3 is 15.1 Å². The molecule has 1 heterocycles. The van der Waals surface area contributed by atoms with Crippen LogP contribution in [0.3, 0.4) is 0 Å². The minimum Gasteiger partial charge on any atom is -0.347 e. The van der Waals surface area contributed by atoms with Gasteiger partial charge in [-0.1, -0.05) is 24.3 Å². The van der Waals surface area contributed by atoms with Crippen LogP contribution in [0.2, 0.25) is 0 Å². The number of nitrogens with zero attached hydrogens (tertiary/aromatic N) is 2. The van der Waals surface area contributed by atoms with Crippen LogP contribution in [0, 0.1) is 0 Å². The lowest BCUT2D eigenvalue weighted by Crippen LogP contribution is -2.60. The van der Waals surface area contributed by atoms with Gasteiger partial charge in [0.2, 0.25) is 11.8 Å². The molecule has 3 rings (SSSR count). The molecular weight excluding hydrogens is 266 g/mol. The average Bonchev–Trinajstić information content (AvgIpc) is 2.47. The van der Waals surface area contributed by atoms with E-state index >= 15 is 0 Å². The summed E-state index contributed by atoms with van der Waals surface area (Å²) in [4.78, 5) is 28.4. The van der Waals surface area contributed by atoms with Crippen LogP contribution in [0.5, 0.6) is 0 Å². The summed E-state index contributed by atoms with van der Waals surface area (Å²) in [5.74, 6) is 0.00956. The molecule has 2 unspecified atom stereocenters. The van der Waals surface area contributed by atoms with Crippen LogP contribution < -0.4 is 5.32 Å². The predicted octanol–water partition coefficient (Wildman–Crippen LogP) is 0.215. The molecule has 2 aliphatic rings. The monoisotopic (exact) mass is 287 g/mol. The first-order valence-electron chi connectivity index (χ1n) is 7.39. The van der Waals surface area contributed by atoms with Gasteiger partial charge in [0, 0.05) is 33.7 Å². The Morgan fingerprint density at radius 1 is 1.29 bits per heavy atom. The number of rotatable bonds is 2. The molecule has 5 heteroatoms. The molecule has 1 N–H and O–H groups in total. The van der Waals surface area contributed by atoms with Crippen LogP contribution in [0.15, 0.2) is 24.3 Å². The predicted molar refractivity (Wildman–Crippen MR) is 80.0 cm³/mol. The van der Waals surface area contributed by atoms with Crippen molar-refractivity contribution in [2.45, 2.75) is 18.4 Å². The van der Waals surface area contributed by atoms with Crippen molar-refractivity contribution in [3.8, 4) is 0 Å². The second kappa shape index (κ2) is 5.48. The fourth-order valence-corrected chi connectivity index (χ4v) is 3.17. The Labute approximate surface area is 124 Å². The highest BCUT2D eigenvalue weighted by atomic mass is 16.2. The maximum Gasteiger partial charge on any atom is 0.246 e. The van der Waals surface area contributed by atoms with Crippen molar-refractivity contribution in [3.05, 3.63) is 35.4 Å². The lowest BCUT2D eigenvalue weighted by Gasteiger charge is -2.40. The largest absolute Gasteiger partial charge is 0.347 e. The molecule has 0 radical (unpaired) electrons. The van der Waals surface area contributed by atoms with E-state index in [0.717, 1.165) is 18.5 Å². The zero-order chi connectivity index (χ0) is 15.0. The molecule has 1 fully saturated rings. The van der Waals surface area contributed by atoms with E-state index in [1.54, 1.807) is 23.9 Å². The summed E-state index contributed by atoms with van der Waals surface area (Å²) in [5, 5.41) is 3.21. The Kier molecular flexibility index (Phi) is 3.68. The van der Waals surface area contributed by atoms with Crippen LogP contribution in [0.4, 0.5) is 0 Å². The average molecular weight is 287 g/mol. The van der Waals surface area contributed by atoms with Gasteiger partial charge >= 0.3 is 0 Å². The highest BCUT2D eigenvalue weighted by Gasteiger charge is 2.40. The van der Waals surface area contributed by atoms with E-state index in [1.165, 1.54) is 5.56 Å². The number of carbonyl (C=O) groups excluding carboxylic acids is 2. The van der Waals surface area contributed by atoms with E-state index in [9.17, 15) is 9.59 Å². The van der Waals surface area contributed by atoms with Gasteiger partial charge in [-0.25, -0.2) is 0 Å². The van der Waals surface area contributed by atoms with Crippen molar-refractivity contribution in [2.75, 3.05) is 33.7 Å². The standard InChI is InChI=1S/C16H21N3O2/c1-18(2)16(21)14-10-17-7-8-19(14)15(20)13-9-11-5-3-4-6-12(11)13/h3-6,13-14,17H,7-10H2,1-2H3. The Balaban J connectivity index is 1.78. The van der Waals surface area contributed by atoms with Crippen LogP contribution >= 0.6 is 0 Å². The lowest BCUT2D eigenvalue weighted by atomic mass is 9.76. The maximum absolute atomic E-state index is 12.8. The first kappa shape index (κ1) is 14.1. The number of piperazine rings is 1. The van der Waals surface area contributed by atoms with E-state index in [-0.39, 0.29) is 23.8 Å². The van der Waals surface area contributed by atoms with Crippen LogP contribution in [0.25, 0.3) is 0 Å². The van der Waals surface area contributed by atoms with Crippen molar-refractivity contribution in [2.24, 2.45) is 0 Å². The third kappa shape index (κ3) is 2.42. The Morgan fingerprint density at radius 2 is 2.05 bits per heavy atom. The molecule has 1 aliphatic heterocycles. The van der Waals surface area contributed by atoms with Gasteiger partial charge in [-0.05, 0) is 17.5 Å². The van der Waals surface area contributed by atoms with Gasteiger partial charge in [0.05, 0.1) is 5.92 Å². The number of fused-ring (bicyclic) bond motifs is 1. The molecule has 0 saturated carbocycles. The summed E-state index contributed by atoms with van der Waals surface area (Å²) in [6.07, 6.45) is 0.793. The van der Waals surface area contributed by atoms with Crippen LogP contribution in [-0.2, 0) is 16.0 Å². The second-order valence-electron chi connectivity index (χ2n) is 5.94. The fourth-order valence-electron chi connectivity index (χ4n) is 3.17. The van der Waals surface area contributed by atoms with Gasteiger partial charge in [-0.3, -0.25) is 9.59 Å². The van der Waals surface area contributed by atoms with Crippen molar-refractivity contribution >= 4 is 11.8 Å². The number of amides is 2. The normalized spacial score (nSPS) is 24.0. The number of benzene rings is 1. The molecular formula is C16H21N3O2. The van der Waals surface area contributed by atoms with Crippen molar-refractivity contribution < 1.29 is 9.59 Å². The number of hydrogen-bond donors (Lipinski definition) is 1. The molecule has 1 aromatic carbocycles. The second-order valence-corrected chi connectivity index (χ2v) is 5.94. The fraction of sp³-hybridized carbons (Fsp3) is 0.500. The first-order chi connectivity index (χ1) is 10.1. The number of likely N-dealkylation sites (N-methyl/N-ethyl adjacent to an activating group) is 1. The van der Waals surface area contributed by atoms with Gasteiger partial charge in [0.1, 0.15) is 6.04 Å². The summed E-state index contributed by atoms with van der Waals surface area (Å²) in [5.41, 5.74) is 2.37. The molecule has 5 nitrogen and oxygen atoms in total. The van der Waals surface area contributed by atoms with E-state index < -0.39 is 0 Å². The quantitative estimate of drug-likeness (QED) is 0.846. The smallest absolute Gasteiger partial charge is 0.246 e. The zero-order valence-corrected chi connectivity index (χ0v) is 12.5. The number of hydrogen-bond acceptors (Lipinski definition) is 3. The first-order valence-corrected chi connectivity index (χ1v) is 7.39. The zero-order valence-electron chi connectivity index (χ0n) is 12.5. The number of nitrogens with one attached hydrogen (secondary N) is 1. The third-order valence-corrected chi connectivity index (χ3v) is 4.40. The summed E-state index contributed by atoms with van der Waals surface area (Å²) in [6.45, 7) is 1.89. The van der Waals surface area contributed by atoms with E-state index in [4.69, 9.17) is 0 Å². The topological polar surface area (TPSA) is 52.7 Å². The summed E-state index contributed by atoms with van der Waals surface area (Å²) in [7, 11) is 3.47. The van der Waals surface area contributed by atoms with E-state index in [1.807, 2.05) is 18.2 Å². The summed E-state index contributed by atoms with van der Waals surface area (Å²) < 4.78 is 0. The van der Waals surface area contributed by atoms with Crippen LogP contribution in [-0.4, -0.2) is 61.4 Å². The SMILES string of the molecule is CN(C)C(=O)C1CNCCN1C(=O)C1Cc2ccccc21. The van der Waals surface area contributed by atoms with Crippen molar-refractivity contribution in [1.82, 2.24) is 15.1 Å². The lowest BCUT2D eigenvalue weighted by molar-refractivity contribution is -0.146. The highest BCUT2D eigenvalue weighted by Crippen LogP contribution is 2.36. The van der Waals surface area contributed by atoms with Gasteiger partial charge in [-0.2, -0.15) is 0 Å². The van der Waals surface area contributed by atoms with Gasteiger partial charge in [0.15, 0.2) is 0 Å². The Bertz CT molecular complexity index is 570. The van der Waals surface area contributed by atoms with E-state index in [2.05, 4.69) is 11.4 Å². The van der Waals surface area contributed by atoms with Crippen molar-refractivity contribution in [1.29, 1.82) is 0 Å². The Hall–Kier alpha value is -1.88. The molecule has 0 spiro atoms. The number of carbonyl (C=O) groups is 2. The third-order valence-electron chi connectivity index (χ3n) is 4.40. The minimum atomic E-state index is -0.381. The molecule has 1 aliphatic carbocycles. The maximum atomic E-state index is 12.8. The molecule has 1 aromatic rings. The highest BCUT2D eigenvalue weighted by molar-refractivity contribution is 5.92. The van der Waals surface area contributed by atoms with E-state index in [0.29, 0.717) is 13.1 Å². The van der Waals surface area contributed by atoms with Gasteiger partial charge in [0.25, 0.3) is 0 Å². The minimum absolute atomic E-state index is 0.0110. The van der Waals surface area contributed by atoms with Crippen LogP contribution in [0.1, 0.15) is 17.0 Å². The molecule has 0 bridgehead atoms. The molecule has 0 aromatic heterocycles. The molecule has 2 atom stereocenters. The molecule has 21 heavy (non-hydrogen) atoms. The van der Waals surface area contributed by atoms with Gasteiger partial charge in [-0.15, -0.1) is 0 Å². The summed E-state index contributed by atoms with van der Waals surface area (Å²) >= 11 is 0. The van der Waals surface area contributed by atoms with Crippen molar-refractivity contribution in [3.63, 3.8) is 0 Å². The molecule has 2 amide bonds. The Morgan fingerprint density at radius 3 is 2.76 bits per heavy atom. The summed E-state index contributed by atoms with van der Waals surface area (Å²) in [6, 6.07) is 7.68. The molecule has 1 saturated heterocycles.